The molecule has 0 radical (unpaired) electrons. The lowest BCUT2D eigenvalue weighted by Crippen LogP contribution is -2.52. The number of hydrogen-bond acceptors (Lipinski definition) is 3. The Hall–Kier alpha value is -2.09. The smallest absolute Gasteiger partial charge is 0.404 e. The first kappa shape index (κ1) is 18.3. The van der Waals surface area contributed by atoms with E-state index in [1.54, 1.807) is 17.0 Å². The highest BCUT2D eigenvalue weighted by Crippen LogP contribution is 2.46. The first-order chi connectivity index (χ1) is 11.2. The second-order valence-electron chi connectivity index (χ2n) is 5.93. The summed E-state index contributed by atoms with van der Waals surface area (Å²) in [6.45, 7) is -0.253. The minimum Gasteiger partial charge on any atom is -0.481 e. The average Bonchev–Trinajstić information content (AvgIpc) is 2.93. The van der Waals surface area contributed by atoms with Gasteiger partial charge in [0.1, 0.15) is 0 Å². The van der Waals surface area contributed by atoms with E-state index in [0.29, 0.717) is 6.54 Å². The molecule has 2 rings (SSSR count). The number of hydrogen-bond donors (Lipinski definition) is 2. The van der Waals surface area contributed by atoms with Crippen LogP contribution >= 0.6 is 0 Å². The van der Waals surface area contributed by atoms with E-state index < -0.39 is 36.4 Å². The third-order valence-corrected chi connectivity index (χ3v) is 4.20. The number of carbonyl (C=O) groups is 2. The number of nitrogens with zero attached hydrogens (tertiary/aromatic N) is 1. The molecule has 8 heteroatoms. The summed E-state index contributed by atoms with van der Waals surface area (Å²) in [6, 6.07) is 9.08. The Morgan fingerprint density at radius 2 is 1.92 bits per heavy atom. The van der Waals surface area contributed by atoms with E-state index in [1.807, 2.05) is 18.2 Å². The van der Waals surface area contributed by atoms with Crippen LogP contribution in [0, 0.1) is 5.41 Å². The summed E-state index contributed by atoms with van der Waals surface area (Å²) >= 11 is 0. The third-order valence-electron chi connectivity index (χ3n) is 4.20. The van der Waals surface area contributed by atoms with Crippen LogP contribution in [0.4, 0.5) is 13.2 Å². The van der Waals surface area contributed by atoms with Gasteiger partial charge in [-0.1, -0.05) is 30.3 Å². The number of likely N-dealkylation sites (tertiary alicyclic amines) is 1. The molecule has 0 unspecified atom stereocenters. The van der Waals surface area contributed by atoms with Crippen molar-refractivity contribution >= 4 is 11.9 Å². The van der Waals surface area contributed by atoms with Crippen molar-refractivity contribution in [1.29, 1.82) is 0 Å². The Balaban J connectivity index is 2.07. The van der Waals surface area contributed by atoms with Crippen LogP contribution in [0.1, 0.15) is 18.4 Å². The Labute approximate surface area is 137 Å². The molecule has 0 aromatic heterocycles. The highest BCUT2D eigenvalue weighted by atomic mass is 19.4. The fraction of sp³-hybridized carbons (Fsp3) is 0.500. The number of carboxylic acid groups (broad SMARTS) is 1. The van der Waals surface area contributed by atoms with Crippen LogP contribution in [-0.2, 0) is 16.1 Å². The standard InChI is InChI=1S/C16H19F3N2O3/c17-16(18,19)15(14(24)20-8-6-13(22)23)7-9-21(11-15)10-12-4-2-1-3-5-12/h1-5H,6-11H2,(H,20,24)(H,22,23)/t15-/m1/s1. The molecule has 24 heavy (non-hydrogen) atoms. The largest absolute Gasteiger partial charge is 0.481 e. The van der Waals surface area contributed by atoms with Crippen LogP contribution in [0.25, 0.3) is 0 Å². The maximum atomic E-state index is 13.6. The number of rotatable bonds is 6. The summed E-state index contributed by atoms with van der Waals surface area (Å²) < 4.78 is 40.7. The normalized spacial score (nSPS) is 21.6. The minimum absolute atomic E-state index is 0.154. The number of aliphatic carboxylic acids is 1. The van der Waals surface area contributed by atoms with E-state index >= 15 is 0 Å². The van der Waals surface area contributed by atoms with E-state index in [0.717, 1.165) is 5.56 Å². The summed E-state index contributed by atoms with van der Waals surface area (Å²) in [4.78, 5) is 24.2. The topological polar surface area (TPSA) is 69.6 Å². The molecule has 2 N–H and O–H groups in total. The van der Waals surface area contributed by atoms with E-state index in [-0.39, 0.29) is 19.5 Å². The van der Waals surface area contributed by atoms with Gasteiger partial charge >= 0.3 is 12.1 Å². The maximum Gasteiger partial charge on any atom is 0.404 e. The van der Waals surface area contributed by atoms with Crippen LogP contribution in [0.3, 0.4) is 0 Å². The first-order valence-electron chi connectivity index (χ1n) is 7.58. The van der Waals surface area contributed by atoms with Gasteiger partial charge in [-0.25, -0.2) is 0 Å². The van der Waals surface area contributed by atoms with Crippen molar-refractivity contribution in [2.45, 2.75) is 25.6 Å². The Morgan fingerprint density at radius 1 is 1.25 bits per heavy atom. The van der Waals surface area contributed by atoms with Crippen molar-refractivity contribution in [3.63, 3.8) is 0 Å². The van der Waals surface area contributed by atoms with Crippen molar-refractivity contribution in [3.8, 4) is 0 Å². The average molecular weight is 344 g/mol. The van der Waals surface area contributed by atoms with Crippen LogP contribution in [0.15, 0.2) is 30.3 Å². The zero-order valence-corrected chi connectivity index (χ0v) is 13.0. The first-order valence-corrected chi connectivity index (χ1v) is 7.58. The fourth-order valence-corrected chi connectivity index (χ4v) is 2.86. The summed E-state index contributed by atoms with van der Waals surface area (Å²) in [5, 5.41) is 10.7. The molecule has 132 valence electrons. The van der Waals surface area contributed by atoms with Gasteiger partial charge in [0.25, 0.3) is 0 Å². The van der Waals surface area contributed by atoms with Gasteiger partial charge in [0.05, 0.1) is 6.42 Å². The Bertz CT molecular complexity index is 592. The van der Waals surface area contributed by atoms with Gasteiger partial charge in [0.15, 0.2) is 5.41 Å². The van der Waals surface area contributed by atoms with Gasteiger partial charge in [0, 0.05) is 19.6 Å². The van der Waals surface area contributed by atoms with Crippen molar-refractivity contribution in [1.82, 2.24) is 10.2 Å². The van der Waals surface area contributed by atoms with E-state index in [4.69, 9.17) is 5.11 Å². The molecule has 5 nitrogen and oxygen atoms in total. The number of carbonyl (C=O) groups excluding carboxylic acids is 1. The van der Waals surface area contributed by atoms with Crippen molar-refractivity contribution in [3.05, 3.63) is 35.9 Å². The lowest BCUT2D eigenvalue weighted by molar-refractivity contribution is -0.218. The molecular formula is C16H19F3N2O3. The quantitative estimate of drug-likeness (QED) is 0.829. The lowest BCUT2D eigenvalue weighted by atomic mass is 9.85. The lowest BCUT2D eigenvalue weighted by Gasteiger charge is -2.30. The fourth-order valence-electron chi connectivity index (χ4n) is 2.86. The molecule has 0 spiro atoms. The number of halogens is 3. The summed E-state index contributed by atoms with van der Waals surface area (Å²) in [7, 11) is 0. The number of benzene rings is 1. The van der Waals surface area contributed by atoms with E-state index in [1.165, 1.54) is 0 Å². The molecule has 1 aromatic carbocycles. The van der Waals surface area contributed by atoms with Gasteiger partial charge in [-0.3, -0.25) is 14.5 Å². The third kappa shape index (κ3) is 4.05. The molecule has 1 aliphatic rings. The molecule has 1 aromatic rings. The van der Waals surface area contributed by atoms with Crippen LogP contribution in [-0.4, -0.2) is 47.7 Å². The number of amides is 1. The van der Waals surface area contributed by atoms with E-state index in [2.05, 4.69) is 5.32 Å². The summed E-state index contributed by atoms with van der Waals surface area (Å²) in [5.41, 5.74) is -1.61. The number of nitrogens with one attached hydrogen (secondary N) is 1. The summed E-state index contributed by atoms with van der Waals surface area (Å²) in [5.74, 6) is -2.32. The SMILES string of the molecule is O=C(O)CCNC(=O)[C@@]1(C(F)(F)F)CCN(Cc2ccccc2)C1. The predicted molar refractivity (Wildman–Crippen MR) is 80.1 cm³/mol. The molecule has 1 heterocycles. The zero-order valence-electron chi connectivity index (χ0n) is 13.0. The number of alkyl halides is 3. The van der Waals surface area contributed by atoms with Gasteiger partial charge in [-0.15, -0.1) is 0 Å². The molecule has 1 atom stereocenters. The van der Waals surface area contributed by atoms with Crippen molar-refractivity contribution in [2.75, 3.05) is 19.6 Å². The molecule has 1 amide bonds. The van der Waals surface area contributed by atoms with Gasteiger partial charge in [-0.2, -0.15) is 13.2 Å². The number of carboxylic acids is 1. The monoisotopic (exact) mass is 344 g/mol. The van der Waals surface area contributed by atoms with Crippen LogP contribution in [0.2, 0.25) is 0 Å². The van der Waals surface area contributed by atoms with Crippen molar-refractivity contribution in [2.24, 2.45) is 5.41 Å². The molecule has 1 aliphatic heterocycles. The van der Waals surface area contributed by atoms with Gasteiger partial charge < -0.3 is 10.4 Å². The molecule has 1 fully saturated rings. The van der Waals surface area contributed by atoms with Gasteiger partial charge in [-0.05, 0) is 18.5 Å². The Morgan fingerprint density at radius 3 is 2.50 bits per heavy atom. The van der Waals surface area contributed by atoms with Gasteiger partial charge in [0.2, 0.25) is 5.91 Å². The van der Waals surface area contributed by atoms with E-state index in [9.17, 15) is 22.8 Å². The summed E-state index contributed by atoms with van der Waals surface area (Å²) in [6.07, 6.45) is -5.43. The molecule has 1 saturated heterocycles. The molecule has 0 aliphatic carbocycles. The van der Waals surface area contributed by atoms with Crippen molar-refractivity contribution < 1.29 is 27.9 Å². The Kier molecular flexibility index (Phi) is 5.48. The predicted octanol–water partition coefficient (Wildman–Crippen LogP) is 2.03. The molecular weight excluding hydrogens is 325 g/mol. The second-order valence-corrected chi connectivity index (χ2v) is 5.93. The van der Waals surface area contributed by atoms with Crippen LogP contribution in [0.5, 0.6) is 0 Å². The molecule has 0 bridgehead atoms. The second kappa shape index (κ2) is 7.21. The molecule has 0 saturated carbocycles. The highest BCUT2D eigenvalue weighted by molar-refractivity contribution is 5.84. The van der Waals surface area contributed by atoms with Crippen LogP contribution < -0.4 is 5.32 Å². The maximum absolute atomic E-state index is 13.6. The minimum atomic E-state index is -4.69. The highest BCUT2D eigenvalue weighted by Gasteiger charge is 2.62. The zero-order chi connectivity index (χ0) is 17.8.